The number of hydrogen-bond acceptors (Lipinski definition) is 5. The van der Waals surface area contributed by atoms with Crippen molar-refractivity contribution in [3.05, 3.63) is 58.0 Å². The molecule has 2 aliphatic rings. The Balaban J connectivity index is 1.16. The number of anilines is 1. The number of H-pyrrole nitrogens is 1. The lowest BCUT2D eigenvalue weighted by molar-refractivity contribution is -0.122. The molecule has 1 amide bonds. The molecule has 2 fully saturated rings. The topological polar surface area (TPSA) is 81.3 Å². The number of hydrogen-bond donors (Lipinski definition) is 2. The first-order chi connectivity index (χ1) is 15.5. The Morgan fingerprint density at radius 3 is 2.66 bits per heavy atom. The molecule has 0 spiro atoms. The number of aromatic amines is 1. The molecule has 7 heteroatoms. The summed E-state index contributed by atoms with van der Waals surface area (Å²) in [5.41, 5.74) is 3.33. The summed E-state index contributed by atoms with van der Waals surface area (Å²) in [7, 11) is 0. The number of nitrogens with one attached hydrogen (secondary N) is 2. The highest BCUT2D eigenvalue weighted by atomic mass is 16.1. The van der Waals surface area contributed by atoms with Gasteiger partial charge in [-0.2, -0.15) is 5.10 Å². The zero-order valence-electron chi connectivity index (χ0n) is 19.1. The Labute approximate surface area is 190 Å². The van der Waals surface area contributed by atoms with Crippen LogP contribution in [0.1, 0.15) is 43.2 Å². The molecular weight excluding hydrogens is 402 g/mol. The number of aryl methyl sites for hydroxylation is 1. The van der Waals surface area contributed by atoms with Crippen LogP contribution in [0.25, 0.3) is 0 Å². The maximum atomic E-state index is 12.6. The predicted octanol–water partition coefficient (Wildman–Crippen LogP) is 2.71. The Hall–Kier alpha value is -2.67. The van der Waals surface area contributed by atoms with Crippen LogP contribution in [0, 0.1) is 18.8 Å². The third-order valence-corrected chi connectivity index (χ3v) is 6.83. The summed E-state index contributed by atoms with van der Waals surface area (Å²) in [6.07, 6.45) is 6.61. The molecule has 0 bridgehead atoms. The fourth-order valence-electron chi connectivity index (χ4n) is 4.90. The third kappa shape index (κ3) is 6.42. The minimum absolute atomic E-state index is 0.156. The monoisotopic (exact) mass is 437 g/mol. The molecule has 32 heavy (non-hydrogen) atoms. The average Bonchev–Trinajstić information content (AvgIpc) is 2.80. The normalized spacial score (nSPS) is 20.3. The number of carbonyl (C=O) groups excluding carboxylic acids is 1. The molecule has 4 rings (SSSR count). The van der Waals surface area contributed by atoms with Gasteiger partial charge >= 0.3 is 0 Å². The highest BCUT2D eigenvalue weighted by Gasteiger charge is 2.24. The van der Waals surface area contributed by atoms with Gasteiger partial charge in [-0.3, -0.25) is 14.5 Å². The largest absolute Gasteiger partial charge is 0.370 e. The number of aromatic nitrogens is 2. The molecule has 3 heterocycles. The van der Waals surface area contributed by atoms with Crippen LogP contribution in [0.15, 0.2) is 41.3 Å². The van der Waals surface area contributed by atoms with Gasteiger partial charge in [-0.25, -0.2) is 5.10 Å². The van der Waals surface area contributed by atoms with E-state index >= 15 is 0 Å². The van der Waals surface area contributed by atoms with Crippen LogP contribution in [0.3, 0.4) is 0 Å². The van der Waals surface area contributed by atoms with Gasteiger partial charge in [-0.15, -0.1) is 0 Å². The van der Waals surface area contributed by atoms with E-state index in [0.29, 0.717) is 18.3 Å². The van der Waals surface area contributed by atoms with Crippen LogP contribution >= 0.6 is 0 Å². The van der Waals surface area contributed by atoms with Crippen LogP contribution in [-0.2, 0) is 11.3 Å². The van der Waals surface area contributed by atoms with Gasteiger partial charge in [0, 0.05) is 38.7 Å². The van der Waals surface area contributed by atoms with Crippen LogP contribution in [0.4, 0.5) is 5.69 Å². The van der Waals surface area contributed by atoms with E-state index < -0.39 is 0 Å². The third-order valence-electron chi connectivity index (χ3n) is 6.83. The van der Waals surface area contributed by atoms with Gasteiger partial charge in [-0.1, -0.05) is 29.8 Å². The second-order valence-electron chi connectivity index (χ2n) is 9.47. The summed E-state index contributed by atoms with van der Waals surface area (Å²) in [5.74, 6) is 1.04. The number of carbonyl (C=O) groups is 1. The lowest BCUT2D eigenvalue weighted by Crippen LogP contribution is -2.40. The molecule has 0 aliphatic carbocycles. The molecule has 172 valence electrons. The van der Waals surface area contributed by atoms with Crippen LogP contribution in [-0.4, -0.2) is 53.7 Å². The standard InChI is InChI=1S/C25H35N5O2/c1-19-4-6-21(7-5-19)17-29-11-8-20(9-12-29)15-26-24(31)13-22-3-2-10-30(18-22)23-14-25(32)28-27-16-23/h4-7,14,16,20,22H,2-3,8-13,15,17-18H2,1H3,(H,26,31)(H,28,32). The molecule has 1 unspecified atom stereocenters. The minimum atomic E-state index is -0.188. The first-order valence-corrected chi connectivity index (χ1v) is 11.9. The Morgan fingerprint density at radius 1 is 1.12 bits per heavy atom. The van der Waals surface area contributed by atoms with Gasteiger partial charge in [-0.05, 0) is 63.1 Å². The summed E-state index contributed by atoms with van der Waals surface area (Å²) < 4.78 is 0. The molecule has 1 atom stereocenters. The smallest absolute Gasteiger partial charge is 0.266 e. The molecule has 7 nitrogen and oxygen atoms in total. The Kier molecular flexibility index (Phi) is 7.58. The lowest BCUT2D eigenvalue weighted by Gasteiger charge is -2.34. The number of likely N-dealkylation sites (tertiary alicyclic amines) is 1. The number of rotatable bonds is 7. The van der Waals surface area contributed by atoms with Crippen molar-refractivity contribution in [3.63, 3.8) is 0 Å². The summed E-state index contributed by atoms with van der Waals surface area (Å²) in [6, 6.07) is 10.4. The van der Waals surface area contributed by atoms with Crippen molar-refractivity contribution in [1.82, 2.24) is 20.4 Å². The summed E-state index contributed by atoms with van der Waals surface area (Å²) in [4.78, 5) is 28.8. The van der Waals surface area contributed by atoms with Gasteiger partial charge in [0.2, 0.25) is 5.91 Å². The number of piperidine rings is 2. The van der Waals surface area contributed by atoms with Gasteiger partial charge in [0.15, 0.2) is 0 Å². The van der Waals surface area contributed by atoms with E-state index in [1.54, 1.807) is 12.3 Å². The number of nitrogens with zero attached hydrogens (tertiary/aromatic N) is 3. The molecular formula is C25H35N5O2. The highest BCUT2D eigenvalue weighted by Crippen LogP contribution is 2.24. The van der Waals surface area contributed by atoms with Crippen LogP contribution < -0.4 is 15.8 Å². The van der Waals surface area contributed by atoms with Gasteiger partial charge in [0.25, 0.3) is 5.56 Å². The van der Waals surface area contributed by atoms with E-state index in [2.05, 4.69) is 56.5 Å². The van der Waals surface area contributed by atoms with Crippen molar-refractivity contribution in [1.29, 1.82) is 0 Å². The lowest BCUT2D eigenvalue weighted by atomic mass is 9.93. The molecule has 1 aromatic carbocycles. The van der Waals surface area contributed by atoms with E-state index in [0.717, 1.165) is 70.6 Å². The fourth-order valence-corrected chi connectivity index (χ4v) is 4.90. The van der Waals surface area contributed by atoms with E-state index in [4.69, 9.17) is 0 Å². The van der Waals surface area contributed by atoms with Gasteiger partial charge in [0.05, 0.1) is 11.9 Å². The molecule has 2 aliphatic heterocycles. The molecule has 2 aromatic rings. The zero-order chi connectivity index (χ0) is 22.3. The van der Waals surface area contributed by atoms with Crippen molar-refractivity contribution < 1.29 is 4.79 Å². The summed E-state index contributed by atoms with van der Waals surface area (Å²) >= 11 is 0. The van der Waals surface area contributed by atoms with E-state index in [9.17, 15) is 9.59 Å². The van der Waals surface area contributed by atoms with E-state index in [1.807, 2.05) is 0 Å². The first-order valence-electron chi connectivity index (χ1n) is 11.9. The molecule has 1 aromatic heterocycles. The van der Waals surface area contributed by atoms with E-state index in [-0.39, 0.29) is 11.5 Å². The molecule has 2 N–H and O–H groups in total. The maximum Gasteiger partial charge on any atom is 0.266 e. The highest BCUT2D eigenvalue weighted by molar-refractivity contribution is 5.76. The number of amides is 1. The zero-order valence-corrected chi connectivity index (χ0v) is 19.1. The second-order valence-corrected chi connectivity index (χ2v) is 9.47. The van der Waals surface area contributed by atoms with Crippen LogP contribution in [0.5, 0.6) is 0 Å². The summed E-state index contributed by atoms with van der Waals surface area (Å²) in [6.45, 7) is 7.82. The quantitative estimate of drug-likeness (QED) is 0.696. The van der Waals surface area contributed by atoms with Gasteiger partial charge < -0.3 is 10.2 Å². The molecule has 0 saturated carbocycles. The fraction of sp³-hybridized carbons (Fsp3) is 0.560. The maximum absolute atomic E-state index is 12.6. The van der Waals surface area contributed by atoms with Crippen molar-refractivity contribution in [3.8, 4) is 0 Å². The minimum Gasteiger partial charge on any atom is -0.370 e. The van der Waals surface area contributed by atoms with Gasteiger partial charge in [0.1, 0.15) is 0 Å². The Morgan fingerprint density at radius 2 is 1.91 bits per heavy atom. The van der Waals surface area contributed by atoms with Crippen molar-refractivity contribution in [2.24, 2.45) is 11.8 Å². The van der Waals surface area contributed by atoms with E-state index in [1.165, 1.54) is 11.1 Å². The first kappa shape index (κ1) is 22.5. The van der Waals surface area contributed by atoms with Crippen molar-refractivity contribution in [2.45, 2.75) is 45.6 Å². The summed E-state index contributed by atoms with van der Waals surface area (Å²) in [5, 5.41) is 9.51. The predicted molar refractivity (Wildman–Crippen MR) is 127 cm³/mol. The molecule has 0 radical (unpaired) electrons. The van der Waals surface area contributed by atoms with Crippen molar-refractivity contribution in [2.75, 3.05) is 37.6 Å². The molecule has 2 saturated heterocycles. The number of benzene rings is 1. The average molecular weight is 438 g/mol. The second kappa shape index (κ2) is 10.8. The van der Waals surface area contributed by atoms with Crippen LogP contribution in [0.2, 0.25) is 0 Å². The van der Waals surface area contributed by atoms with Crippen molar-refractivity contribution >= 4 is 11.6 Å². The SMILES string of the molecule is Cc1ccc(CN2CCC(CNC(=O)CC3CCCN(c4cn[nH]c(=O)c4)C3)CC2)cc1. The Bertz CT molecular complexity index is 934.